The van der Waals surface area contributed by atoms with Crippen LogP contribution in [-0.2, 0) is 6.42 Å². The number of hydrogen-bond donors (Lipinski definition) is 1. The highest BCUT2D eigenvalue weighted by atomic mass is 127. The SMILES string of the molecule is COc1cc(O)c(C(=O)Cc2cc(OC)c(OC)cc2I)c(OC)c1. The molecule has 0 radical (unpaired) electrons. The summed E-state index contributed by atoms with van der Waals surface area (Å²) in [5, 5.41) is 10.2. The summed E-state index contributed by atoms with van der Waals surface area (Å²) in [6.07, 6.45) is 0.0783. The third-order valence-corrected chi connectivity index (χ3v) is 4.70. The lowest BCUT2D eigenvalue weighted by molar-refractivity contribution is 0.0987. The van der Waals surface area contributed by atoms with Gasteiger partial charge in [0, 0.05) is 22.1 Å². The molecule has 6 nitrogen and oxygen atoms in total. The molecular formula is C18H19IO6. The maximum Gasteiger partial charge on any atom is 0.174 e. The first-order chi connectivity index (χ1) is 11.9. The first-order valence-electron chi connectivity index (χ1n) is 7.33. The van der Waals surface area contributed by atoms with Gasteiger partial charge in [-0.2, -0.15) is 0 Å². The van der Waals surface area contributed by atoms with Gasteiger partial charge in [0.25, 0.3) is 0 Å². The van der Waals surface area contributed by atoms with Crippen molar-refractivity contribution in [1.82, 2.24) is 0 Å². The molecule has 0 unspecified atom stereocenters. The van der Waals surface area contributed by atoms with Crippen molar-refractivity contribution in [3.05, 3.63) is 39.0 Å². The molecule has 2 aromatic rings. The summed E-state index contributed by atoms with van der Waals surface area (Å²) in [5.74, 6) is 1.34. The molecule has 0 aliphatic rings. The Morgan fingerprint density at radius 1 is 0.920 bits per heavy atom. The fraction of sp³-hybridized carbons (Fsp3) is 0.278. The fourth-order valence-corrected chi connectivity index (χ4v) is 3.06. The first-order valence-corrected chi connectivity index (χ1v) is 8.41. The Morgan fingerprint density at radius 2 is 1.52 bits per heavy atom. The Hall–Kier alpha value is -2.16. The summed E-state index contributed by atoms with van der Waals surface area (Å²) in [6.45, 7) is 0. The fourth-order valence-electron chi connectivity index (χ4n) is 2.43. The van der Waals surface area contributed by atoms with Crippen LogP contribution in [-0.4, -0.2) is 39.3 Å². The maximum atomic E-state index is 12.8. The first kappa shape index (κ1) is 19.2. The van der Waals surface area contributed by atoms with E-state index in [-0.39, 0.29) is 29.3 Å². The number of hydrogen-bond acceptors (Lipinski definition) is 6. The van der Waals surface area contributed by atoms with Crippen LogP contribution < -0.4 is 18.9 Å². The minimum absolute atomic E-state index is 0.0783. The summed E-state index contributed by atoms with van der Waals surface area (Å²) in [4.78, 5) is 12.8. The minimum atomic E-state index is -0.276. The van der Waals surface area contributed by atoms with Crippen LogP contribution in [0.1, 0.15) is 15.9 Å². The van der Waals surface area contributed by atoms with Gasteiger partial charge in [-0.15, -0.1) is 0 Å². The van der Waals surface area contributed by atoms with Crippen LogP contribution in [0.15, 0.2) is 24.3 Å². The van der Waals surface area contributed by atoms with Crippen molar-refractivity contribution in [2.45, 2.75) is 6.42 Å². The molecule has 0 saturated carbocycles. The molecule has 25 heavy (non-hydrogen) atoms. The molecule has 0 bridgehead atoms. The summed E-state index contributed by atoms with van der Waals surface area (Å²) in [6, 6.07) is 6.50. The average Bonchev–Trinajstić information content (AvgIpc) is 2.61. The maximum absolute atomic E-state index is 12.8. The number of aromatic hydroxyl groups is 1. The van der Waals surface area contributed by atoms with Crippen molar-refractivity contribution in [3.8, 4) is 28.7 Å². The van der Waals surface area contributed by atoms with Gasteiger partial charge >= 0.3 is 0 Å². The van der Waals surface area contributed by atoms with Gasteiger partial charge in [0.2, 0.25) is 0 Å². The third-order valence-electron chi connectivity index (χ3n) is 3.69. The van der Waals surface area contributed by atoms with Crippen molar-refractivity contribution >= 4 is 28.4 Å². The van der Waals surface area contributed by atoms with Crippen LogP contribution >= 0.6 is 22.6 Å². The van der Waals surface area contributed by atoms with Gasteiger partial charge in [0.1, 0.15) is 22.8 Å². The number of rotatable bonds is 7. The van der Waals surface area contributed by atoms with Crippen LogP contribution in [0.5, 0.6) is 28.7 Å². The molecular weight excluding hydrogens is 439 g/mol. The number of carbonyl (C=O) groups is 1. The van der Waals surface area contributed by atoms with Crippen molar-refractivity contribution < 1.29 is 28.8 Å². The summed E-state index contributed by atoms with van der Waals surface area (Å²) >= 11 is 2.13. The highest BCUT2D eigenvalue weighted by molar-refractivity contribution is 14.1. The molecule has 0 atom stereocenters. The number of halogens is 1. The van der Waals surface area contributed by atoms with Crippen molar-refractivity contribution in [2.75, 3.05) is 28.4 Å². The molecule has 0 aliphatic carbocycles. The van der Waals surface area contributed by atoms with Gasteiger partial charge in [0.05, 0.1) is 28.4 Å². The predicted octanol–water partition coefficient (Wildman–Crippen LogP) is 3.46. The quantitative estimate of drug-likeness (QED) is 0.506. The second-order valence-corrected chi connectivity index (χ2v) is 6.28. The Bertz CT molecular complexity index is 788. The van der Waals surface area contributed by atoms with Crippen LogP contribution in [0, 0.1) is 3.57 Å². The van der Waals surface area contributed by atoms with E-state index in [0.29, 0.717) is 17.2 Å². The zero-order valence-electron chi connectivity index (χ0n) is 14.4. The molecule has 2 aromatic carbocycles. The second kappa shape index (κ2) is 8.28. The predicted molar refractivity (Wildman–Crippen MR) is 102 cm³/mol. The van der Waals surface area contributed by atoms with Gasteiger partial charge in [-0.25, -0.2) is 0 Å². The topological polar surface area (TPSA) is 74.2 Å². The van der Waals surface area contributed by atoms with E-state index in [1.165, 1.54) is 27.4 Å². The monoisotopic (exact) mass is 458 g/mol. The molecule has 0 spiro atoms. The number of ether oxygens (including phenoxy) is 4. The van der Waals surface area contributed by atoms with Crippen LogP contribution in [0.3, 0.4) is 0 Å². The normalized spacial score (nSPS) is 10.3. The molecule has 0 saturated heterocycles. The van der Waals surface area contributed by atoms with E-state index in [0.717, 1.165) is 9.13 Å². The van der Waals surface area contributed by atoms with E-state index in [4.69, 9.17) is 18.9 Å². The van der Waals surface area contributed by atoms with Crippen LogP contribution in [0.2, 0.25) is 0 Å². The molecule has 0 heterocycles. The zero-order valence-corrected chi connectivity index (χ0v) is 16.5. The van der Waals surface area contributed by atoms with Gasteiger partial charge < -0.3 is 24.1 Å². The van der Waals surface area contributed by atoms with Crippen molar-refractivity contribution in [2.24, 2.45) is 0 Å². The molecule has 2 rings (SSSR count). The molecule has 0 aliphatic heterocycles. The standard InChI is InChI=1S/C18H19IO6/c1-22-11-7-14(21)18(17(8-11)25-4)13(20)5-10-6-15(23-2)16(24-3)9-12(10)19/h6-9,21H,5H2,1-4H3. The van der Waals surface area contributed by atoms with Crippen molar-refractivity contribution in [3.63, 3.8) is 0 Å². The third kappa shape index (κ3) is 4.09. The Morgan fingerprint density at radius 3 is 2.08 bits per heavy atom. The highest BCUT2D eigenvalue weighted by Gasteiger charge is 2.21. The molecule has 0 aromatic heterocycles. The molecule has 7 heteroatoms. The van der Waals surface area contributed by atoms with E-state index in [1.807, 2.05) is 0 Å². The zero-order chi connectivity index (χ0) is 18.6. The molecule has 134 valence electrons. The van der Waals surface area contributed by atoms with Crippen molar-refractivity contribution in [1.29, 1.82) is 0 Å². The van der Waals surface area contributed by atoms with Crippen LogP contribution in [0.25, 0.3) is 0 Å². The highest BCUT2D eigenvalue weighted by Crippen LogP contribution is 2.36. The minimum Gasteiger partial charge on any atom is -0.507 e. The van der Waals surface area contributed by atoms with E-state index in [2.05, 4.69) is 22.6 Å². The van der Waals surface area contributed by atoms with Gasteiger partial charge in [-0.1, -0.05) is 0 Å². The summed E-state index contributed by atoms with van der Waals surface area (Å²) < 4.78 is 21.7. The second-order valence-electron chi connectivity index (χ2n) is 5.12. The Kier molecular flexibility index (Phi) is 6.35. The molecule has 0 fully saturated rings. The number of methoxy groups -OCH3 is 4. The lowest BCUT2D eigenvalue weighted by atomic mass is 10.0. The summed E-state index contributed by atoms with van der Waals surface area (Å²) in [7, 11) is 6.00. The lowest BCUT2D eigenvalue weighted by Gasteiger charge is -2.14. The number of benzene rings is 2. The lowest BCUT2D eigenvalue weighted by Crippen LogP contribution is -2.08. The number of carbonyl (C=O) groups excluding carboxylic acids is 1. The molecule has 0 amide bonds. The Labute approximate surface area is 159 Å². The largest absolute Gasteiger partial charge is 0.507 e. The summed E-state index contributed by atoms with van der Waals surface area (Å²) in [5.41, 5.74) is 0.884. The van der Waals surface area contributed by atoms with Gasteiger partial charge in [0.15, 0.2) is 17.3 Å². The van der Waals surface area contributed by atoms with Crippen LogP contribution in [0.4, 0.5) is 0 Å². The van der Waals surface area contributed by atoms with Gasteiger partial charge in [-0.05, 0) is 40.3 Å². The number of Topliss-reactive ketones (excluding diaryl/α,β-unsaturated/α-hetero) is 1. The number of phenols is 1. The number of phenolic OH excluding ortho intramolecular Hbond substituents is 1. The van der Waals surface area contributed by atoms with E-state index in [9.17, 15) is 9.90 Å². The van der Waals surface area contributed by atoms with Gasteiger partial charge in [-0.3, -0.25) is 4.79 Å². The molecule has 1 N–H and O–H groups in total. The van der Waals surface area contributed by atoms with E-state index >= 15 is 0 Å². The van der Waals surface area contributed by atoms with E-state index < -0.39 is 0 Å². The Balaban J connectivity index is 2.41. The number of ketones is 1. The average molecular weight is 458 g/mol. The smallest absolute Gasteiger partial charge is 0.174 e. The van der Waals surface area contributed by atoms with E-state index in [1.54, 1.807) is 25.3 Å².